The maximum absolute atomic E-state index is 9.36. The van der Waals surface area contributed by atoms with Gasteiger partial charge in [-0.1, -0.05) is 26.0 Å². The van der Waals surface area contributed by atoms with Crippen molar-refractivity contribution in [3.8, 4) is 5.75 Å². The molecule has 0 saturated heterocycles. The molecule has 1 aromatic carbocycles. The topological polar surface area (TPSA) is 32.6 Å². The monoisotopic (exact) mass is 177 g/mol. The highest BCUT2D eigenvalue weighted by atomic mass is 16.3. The summed E-state index contributed by atoms with van der Waals surface area (Å²) in [6.45, 7) is 4.27. The molecule has 0 fully saturated rings. The normalized spacial score (nSPS) is 11.3. The number of nitrogens with zero attached hydrogens (tertiary/aromatic N) is 1. The van der Waals surface area contributed by atoms with Gasteiger partial charge in [0.2, 0.25) is 0 Å². The highest BCUT2D eigenvalue weighted by molar-refractivity contribution is 5.66. The van der Waals surface area contributed by atoms with Gasteiger partial charge in [0.1, 0.15) is 11.4 Å². The number of aromatic hydroxyl groups is 1. The van der Waals surface area contributed by atoms with Gasteiger partial charge >= 0.3 is 0 Å². The van der Waals surface area contributed by atoms with E-state index in [-0.39, 0.29) is 5.75 Å². The quantitative estimate of drug-likeness (QED) is 0.707. The molecular formula is C11H15NO. The van der Waals surface area contributed by atoms with Crippen molar-refractivity contribution in [1.29, 1.82) is 0 Å². The van der Waals surface area contributed by atoms with Crippen molar-refractivity contribution in [3.63, 3.8) is 0 Å². The van der Waals surface area contributed by atoms with E-state index in [9.17, 15) is 5.11 Å². The molecule has 0 aliphatic carbocycles. The van der Waals surface area contributed by atoms with Crippen LogP contribution in [0.4, 0.5) is 5.69 Å². The molecule has 0 bridgehead atoms. The third-order valence-electron chi connectivity index (χ3n) is 1.69. The van der Waals surface area contributed by atoms with E-state index in [1.807, 2.05) is 12.3 Å². The smallest absolute Gasteiger partial charge is 0.141 e. The molecule has 0 aliphatic rings. The summed E-state index contributed by atoms with van der Waals surface area (Å²) in [4.78, 5) is 4.17. The third kappa shape index (κ3) is 3.28. The minimum atomic E-state index is 0.238. The third-order valence-corrected chi connectivity index (χ3v) is 1.69. The Balaban J connectivity index is 2.63. The van der Waals surface area contributed by atoms with Crippen molar-refractivity contribution in [2.45, 2.75) is 20.3 Å². The van der Waals surface area contributed by atoms with Crippen molar-refractivity contribution >= 4 is 11.9 Å². The van der Waals surface area contributed by atoms with Gasteiger partial charge in [-0.15, -0.1) is 0 Å². The van der Waals surface area contributed by atoms with E-state index in [1.54, 1.807) is 18.2 Å². The summed E-state index contributed by atoms with van der Waals surface area (Å²) < 4.78 is 0. The maximum Gasteiger partial charge on any atom is 0.141 e. The fraction of sp³-hybridized carbons (Fsp3) is 0.364. The van der Waals surface area contributed by atoms with Gasteiger partial charge in [0, 0.05) is 6.21 Å². The number of para-hydroxylation sites is 2. The molecule has 0 aliphatic heterocycles. The minimum absolute atomic E-state index is 0.238. The second-order valence-electron chi connectivity index (χ2n) is 3.43. The van der Waals surface area contributed by atoms with Gasteiger partial charge in [-0.3, -0.25) is 4.99 Å². The summed E-state index contributed by atoms with van der Waals surface area (Å²) in [6, 6.07) is 7.09. The zero-order chi connectivity index (χ0) is 9.68. The number of phenolic OH excluding ortho intramolecular Hbond substituents is 1. The average Bonchev–Trinajstić information content (AvgIpc) is 2.08. The van der Waals surface area contributed by atoms with Gasteiger partial charge in [0.05, 0.1) is 0 Å². The van der Waals surface area contributed by atoms with E-state index in [4.69, 9.17) is 0 Å². The molecule has 70 valence electrons. The molecule has 2 heteroatoms. The lowest BCUT2D eigenvalue weighted by Crippen LogP contribution is -1.86. The van der Waals surface area contributed by atoms with Crippen LogP contribution in [0.1, 0.15) is 20.3 Å². The largest absolute Gasteiger partial charge is 0.506 e. The summed E-state index contributed by atoms with van der Waals surface area (Å²) in [7, 11) is 0. The van der Waals surface area contributed by atoms with Gasteiger partial charge < -0.3 is 5.11 Å². The molecule has 0 unspecified atom stereocenters. The molecule has 0 spiro atoms. The van der Waals surface area contributed by atoms with E-state index in [2.05, 4.69) is 18.8 Å². The van der Waals surface area contributed by atoms with Crippen molar-refractivity contribution in [2.75, 3.05) is 0 Å². The van der Waals surface area contributed by atoms with Gasteiger partial charge in [0.25, 0.3) is 0 Å². The first kappa shape index (κ1) is 9.78. The second-order valence-corrected chi connectivity index (χ2v) is 3.43. The maximum atomic E-state index is 9.36. The molecule has 1 N–H and O–H groups in total. The van der Waals surface area contributed by atoms with Crippen LogP contribution in [0, 0.1) is 5.92 Å². The van der Waals surface area contributed by atoms with Crippen LogP contribution >= 0.6 is 0 Å². The van der Waals surface area contributed by atoms with E-state index in [0.717, 1.165) is 6.42 Å². The second kappa shape index (κ2) is 4.65. The number of aliphatic imine (C=N–C) groups is 1. The van der Waals surface area contributed by atoms with Gasteiger partial charge in [-0.05, 0) is 24.5 Å². The van der Waals surface area contributed by atoms with Gasteiger partial charge in [0.15, 0.2) is 0 Å². The SMILES string of the molecule is CC(C)CC=Nc1ccccc1O. The average molecular weight is 177 g/mol. The Bertz CT molecular complexity index is 292. The van der Waals surface area contributed by atoms with E-state index >= 15 is 0 Å². The van der Waals surface area contributed by atoms with Gasteiger partial charge in [-0.25, -0.2) is 0 Å². The molecule has 1 rings (SSSR count). The van der Waals surface area contributed by atoms with Crippen LogP contribution in [-0.2, 0) is 0 Å². The highest BCUT2D eigenvalue weighted by Crippen LogP contribution is 2.24. The van der Waals surface area contributed by atoms with Gasteiger partial charge in [-0.2, -0.15) is 0 Å². The lowest BCUT2D eigenvalue weighted by molar-refractivity contribution is 0.477. The number of phenols is 1. The Labute approximate surface area is 78.9 Å². The number of benzene rings is 1. The molecule has 13 heavy (non-hydrogen) atoms. The van der Waals surface area contributed by atoms with E-state index in [1.165, 1.54) is 0 Å². The van der Waals surface area contributed by atoms with Crippen LogP contribution in [0.15, 0.2) is 29.3 Å². The highest BCUT2D eigenvalue weighted by Gasteiger charge is 1.94. The molecular weight excluding hydrogens is 162 g/mol. The number of hydrogen-bond acceptors (Lipinski definition) is 2. The Kier molecular flexibility index (Phi) is 3.50. The lowest BCUT2D eigenvalue weighted by atomic mass is 10.1. The van der Waals surface area contributed by atoms with Crippen molar-refractivity contribution in [2.24, 2.45) is 10.9 Å². The minimum Gasteiger partial charge on any atom is -0.506 e. The van der Waals surface area contributed by atoms with Crippen LogP contribution < -0.4 is 0 Å². The first-order valence-electron chi connectivity index (χ1n) is 4.50. The number of hydrogen-bond donors (Lipinski definition) is 1. The first-order chi connectivity index (χ1) is 6.20. The van der Waals surface area contributed by atoms with Crippen LogP contribution in [0.3, 0.4) is 0 Å². The first-order valence-corrected chi connectivity index (χ1v) is 4.50. The summed E-state index contributed by atoms with van der Waals surface area (Å²) in [5.41, 5.74) is 0.642. The summed E-state index contributed by atoms with van der Waals surface area (Å²) in [5, 5.41) is 9.36. The summed E-state index contributed by atoms with van der Waals surface area (Å²) in [5.74, 6) is 0.845. The molecule has 0 aromatic heterocycles. The molecule has 2 nitrogen and oxygen atoms in total. The van der Waals surface area contributed by atoms with Crippen molar-refractivity contribution in [1.82, 2.24) is 0 Å². The predicted octanol–water partition coefficient (Wildman–Crippen LogP) is 3.14. The fourth-order valence-corrected chi connectivity index (χ4v) is 0.935. The Hall–Kier alpha value is -1.31. The van der Waals surface area contributed by atoms with Crippen LogP contribution in [0.2, 0.25) is 0 Å². The van der Waals surface area contributed by atoms with E-state index in [0.29, 0.717) is 11.6 Å². The fourth-order valence-electron chi connectivity index (χ4n) is 0.935. The standard InChI is InChI=1S/C11H15NO/c1-9(2)7-8-12-10-5-3-4-6-11(10)13/h3-6,8-9,13H,7H2,1-2H3. The Morgan fingerprint density at radius 3 is 2.69 bits per heavy atom. The molecule has 1 aromatic rings. The summed E-state index contributed by atoms with van der Waals surface area (Å²) in [6.07, 6.45) is 2.79. The molecule has 0 amide bonds. The van der Waals surface area contributed by atoms with Crippen LogP contribution in [0.5, 0.6) is 5.75 Å². The lowest BCUT2D eigenvalue weighted by Gasteiger charge is -1.98. The molecule has 0 atom stereocenters. The van der Waals surface area contributed by atoms with Crippen molar-refractivity contribution in [3.05, 3.63) is 24.3 Å². The number of rotatable bonds is 3. The Morgan fingerprint density at radius 1 is 1.38 bits per heavy atom. The van der Waals surface area contributed by atoms with Crippen LogP contribution in [0.25, 0.3) is 0 Å². The summed E-state index contributed by atoms with van der Waals surface area (Å²) >= 11 is 0. The molecule has 0 heterocycles. The molecule has 0 radical (unpaired) electrons. The zero-order valence-electron chi connectivity index (χ0n) is 8.07. The van der Waals surface area contributed by atoms with E-state index < -0.39 is 0 Å². The Morgan fingerprint density at radius 2 is 2.08 bits per heavy atom. The van der Waals surface area contributed by atoms with Crippen molar-refractivity contribution < 1.29 is 5.11 Å². The predicted molar refractivity (Wildman–Crippen MR) is 55.7 cm³/mol. The molecule has 0 saturated carbocycles. The zero-order valence-corrected chi connectivity index (χ0v) is 8.07. The van der Waals surface area contributed by atoms with Crippen LogP contribution in [-0.4, -0.2) is 11.3 Å².